The number of carbonyl (C=O) groups excluding carboxylic acids is 1. The van der Waals surface area contributed by atoms with E-state index in [0.29, 0.717) is 18.4 Å². The van der Waals surface area contributed by atoms with Gasteiger partial charge in [0.2, 0.25) is 5.91 Å². The number of nitrogens with one attached hydrogen (secondary N) is 1. The number of hydrogen-bond donors (Lipinski definition) is 1. The Hall–Kier alpha value is -2.62. The molecule has 2 aromatic rings. The van der Waals surface area contributed by atoms with Crippen LogP contribution in [0.15, 0.2) is 18.2 Å². The SMILES string of the molecule is Cc1ccc(NC(=O)CCn2nc(C(F)(F)F)c(Cl)c2C2CC2)c([N+](=O)[O-])c1. The summed E-state index contributed by atoms with van der Waals surface area (Å²) >= 11 is 5.89. The van der Waals surface area contributed by atoms with Crippen LogP contribution in [0.4, 0.5) is 24.5 Å². The molecule has 150 valence electrons. The molecule has 0 bridgehead atoms. The minimum atomic E-state index is -4.68. The standard InChI is InChI=1S/C17H16ClF3N4O3/c1-9-2-5-11(12(8-9)25(27)28)22-13(26)6-7-24-15(10-3-4-10)14(18)16(23-24)17(19,20)21/h2,5,8,10H,3-4,6-7H2,1H3,(H,22,26). The van der Waals surface area contributed by atoms with Crippen molar-refractivity contribution in [1.82, 2.24) is 9.78 Å². The Morgan fingerprint density at radius 3 is 2.68 bits per heavy atom. The number of amides is 1. The molecule has 0 spiro atoms. The zero-order valence-electron chi connectivity index (χ0n) is 14.7. The van der Waals surface area contributed by atoms with Crippen LogP contribution in [0.2, 0.25) is 5.02 Å². The van der Waals surface area contributed by atoms with Crippen molar-refractivity contribution < 1.29 is 22.9 Å². The largest absolute Gasteiger partial charge is 0.436 e. The summed E-state index contributed by atoms with van der Waals surface area (Å²) < 4.78 is 40.3. The van der Waals surface area contributed by atoms with E-state index in [9.17, 15) is 28.1 Å². The number of carbonyl (C=O) groups is 1. The van der Waals surface area contributed by atoms with E-state index >= 15 is 0 Å². The number of hydrogen-bond acceptors (Lipinski definition) is 4. The lowest BCUT2D eigenvalue weighted by atomic mass is 10.2. The summed E-state index contributed by atoms with van der Waals surface area (Å²) in [6.45, 7) is 1.56. The number of anilines is 1. The van der Waals surface area contributed by atoms with Crippen molar-refractivity contribution in [3.05, 3.63) is 50.3 Å². The smallest absolute Gasteiger partial charge is 0.320 e. The van der Waals surface area contributed by atoms with E-state index in [4.69, 9.17) is 11.6 Å². The highest BCUT2D eigenvalue weighted by Gasteiger charge is 2.42. The van der Waals surface area contributed by atoms with Gasteiger partial charge >= 0.3 is 6.18 Å². The van der Waals surface area contributed by atoms with Gasteiger partial charge in [-0.05, 0) is 31.4 Å². The molecule has 0 saturated heterocycles. The fourth-order valence-electron chi connectivity index (χ4n) is 2.87. The molecule has 1 fully saturated rings. The van der Waals surface area contributed by atoms with E-state index in [1.807, 2.05) is 0 Å². The molecule has 0 radical (unpaired) electrons. The topological polar surface area (TPSA) is 90.1 Å². The third-order valence-electron chi connectivity index (χ3n) is 4.34. The van der Waals surface area contributed by atoms with Crippen molar-refractivity contribution in [2.24, 2.45) is 0 Å². The normalized spacial score (nSPS) is 14.2. The molecule has 1 heterocycles. The molecule has 1 aliphatic rings. The van der Waals surface area contributed by atoms with Crippen molar-refractivity contribution in [2.75, 3.05) is 5.32 Å². The first-order chi connectivity index (χ1) is 13.1. The van der Waals surface area contributed by atoms with Crippen LogP contribution in [0.5, 0.6) is 0 Å². The predicted octanol–water partition coefficient (Wildman–Crippen LogP) is 4.68. The minimum absolute atomic E-state index is 0.0255. The number of nitro benzene ring substituents is 1. The lowest BCUT2D eigenvalue weighted by molar-refractivity contribution is -0.384. The summed E-state index contributed by atoms with van der Waals surface area (Å²) in [4.78, 5) is 22.7. The number of rotatable bonds is 6. The number of nitro groups is 1. The second-order valence-corrected chi connectivity index (χ2v) is 7.00. The van der Waals surface area contributed by atoms with Gasteiger partial charge < -0.3 is 5.32 Å². The molecule has 0 atom stereocenters. The lowest BCUT2D eigenvalue weighted by Gasteiger charge is -2.09. The van der Waals surface area contributed by atoms with E-state index in [-0.39, 0.29) is 36.0 Å². The lowest BCUT2D eigenvalue weighted by Crippen LogP contribution is -2.17. The van der Waals surface area contributed by atoms with Crippen LogP contribution in [0.1, 0.15) is 42.1 Å². The zero-order chi connectivity index (χ0) is 20.6. The summed E-state index contributed by atoms with van der Waals surface area (Å²) in [5.74, 6) is -0.675. The molecule has 1 saturated carbocycles. The molecule has 28 heavy (non-hydrogen) atoms. The van der Waals surface area contributed by atoms with E-state index in [0.717, 1.165) is 4.68 Å². The second kappa shape index (κ2) is 7.42. The van der Waals surface area contributed by atoms with Crippen molar-refractivity contribution >= 4 is 28.9 Å². The number of benzene rings is 1. The van der Waals surface area contributed by atoms with Crippen LogP contribution in [0.3, 0.4) is 0 Å². The minimum Gasteiger partial charge on any atom is -0.320 e. The van der Waals surface area contributed by atoms with Crippen LogP contribution in [-0.4, -0.2) is 20.6 Å². The third-order valence-corrected chi connectivity index (χ3v) is 4.71. The summed E-state index contributed by atoms with van der Waals surface area (Å²) in [6.07, 6.45) is -3.47. The molecule has 1 N–H and O–H groups in total. The molecule has 3 rings (SSSR count). The number of aryl methyl sites for hydroxylation is 2. The van der Waals surface area contributed by atoms with Gasteiger partial charge in [0.25, 0.3) is 5.69 Å². The molecule has 7 nitrogen and oxygen atoms in total. The van der Waals surface area contributed by atoms with Gasteiger partial charge in [0, 0.05) is 18.4 Å². The molecule has 0 aliphatic heterocycles. The van der Waals surface area contributed by atoms with Gasteiger partial charge in [-0.25, -0.2) is 0 Å². The highest BCUT2D eigenvalue weighted by Crippen LogP contribution is 2.46. The zero-order valence-corrected chi connectivity index (χ0v) is 15.5. The molecule has 1 aromatic heterocycles. The first-order valence-electron chi connectivity index (χ1n) is 8.46. The van der Waals surface area contributed by atoms with Gasteiger partial charge in [0.15, 0.2) is 5.69 Å². The molecule has 11 heteroatoms. The van der Waals surface area contributed by atoms with Crippen LogP contribution >= 0.6 is 11.6 Å². The Bertz CT molecular complexity index is 938. The maximum atomic E-state index is 13.1. The molecule has 1 aromatic carbocycles. The van der Waals surface area contributed by atoms with Crippen LogP contribution < -0.4 is 5.32 Å². The molecule has 1 amide bonds. The van der Waals surface area contributed by atoms with Gasteiger partial charge in [-0.2, -0.15) is 18.3 Å². The van der Waals surface area contributed by atoms with Crippen molar-refractivity contribution in [1.29, 1.82) is 0 Å². The summed E-state index contributed by atoms with van der Waals surface area (Å²) in [5.41, 5.74) is -0.454. The van der Waals surface area contributed by atoms with Crippen LogP contribution in [0.25, 0.3) is 0 Å². The number of nitrogens with zero attached hydrogens (tertiary/aromatic N) is 3. The van der Waals surface area contributed by atoms with E-state index in [2.05, 4.69) is 10.4 Å². The van der Waals surface area contributed by atoms with Crippen molar-refractivity contribution in [3.8, 4) is 0 Å². The second-order valence-electron chi connectivity index (χ2n) is 6.62. The fourth-order valence-corrected chi connectivity index (χ4v) is 3.27. The van der Waals surface area contributed by atoms with Gasteiger partial charge in [0.1, 0.15) is 5.69 Å². The Labute approximate surface area is 162 Å². The number of halogens is 4. The Balaban J connectivity index is 1.75. The third kappa shape index (κ3) is 4.27. The van der Waals surface area contributed by atoms with Gasteiger partial charge in [-0.3, -0.25) is 19.6 Å². The van der Waals surface area contributed by atoms with Crippen molar-refractivity contribution in [3.63, 3.8) is 0 Å². The average Bonchev–Trinajstić information content (AvgIpc) is 3.36. The van der Waals surface area contributed by atoms with Crippen LogP contribution in [0, 0.1) is 17.0 Å². The highest BCUT2D eigenvalue weighted by atomic mass is 35.5. The molecular formula is C17H16ClF3N4O3. The van der Waals surface area contributed by atoms with E-state index < -0.39 is 27.7 Å². The Kier molecular flexibility index (Phi) is 5.33. The van der Waals surface area contributed by atoms with Gasteiger partial charge in [0.05, 0.1) is 22.2 Å². The number of alkyl halides is 3. The predicted molar refractivity (Wildman–Crippen MR) is 95.3 cm³/mol. The average molecular weight is 417 g/mol. The molecular weight excluding hydrogens is 401 g/mol. The van der Waals surface area contributed by atoms with Crippen LogP contribution in [-0.2, 0) is 17.5 Å². The molecule has 0 unspecified atom stereocenters. The van der Waals surface area contributed by atoms with E-state index in [1.165, 1.54) is 12.1 Å². The summed E-state index contributed by atoms with van der Waals surface area (Å²) in [5, 5.41) is 16.7. The van der Waals surface area contributed by atoms with Gasteiger partial charge in [-0.15, -0.1) is 0 Å². The quantitative estimate of drug-likeness (QED) is 0.547. The fraction of sp³-hybridized carbons (Fsp3) is 0.412. The van der Waals surface area contributed by atoms with Crippen molar-refractivity contribution in [2.45, 2.75) is 44.8 Å². The maximum Gasteiger partial charge on any atom is 0.436 e. The first kappa shape index (κ1) is 20.1. The first-order valence-corrected chi connectivity index (χ1v) is 8.84. The van der Waals surface area contributed by atoms with Gasteiger partial charge in [-0.1, -0.05) is 17.7 Å². The summed E-state index contributed by atoms with van der Waals surface area (Å²) in [7, 11) is 0. The highest BCUT2D eigenvalue weighted by molar-refractivity contribution is 6.32. The number of aromatic nitrogens is 2. The summed E-state index contributed by atoms with van der Waals surface area (Å²) in [6, 6.07) is 4.34. The Morgan fingerprint density at radius 1 is 1.43 bits per heavy atom. The van der Waals surface area contributed by atoms with E-state index in [1.54, 1.807) is 13.0 Å². The monoisotopic (exact) mass is 416 g/mol. The Morgan fingerprint density at radius 2 is 2.11 bits per heavy atom. The molecule has 1 aliphatic carbocycles. The maximum absolute atomic E-state index is 13.1.